The van der Waals surface area contributed by atoms with Crippen LogP contribution in [0.4, 0.5) is 11.5 Å². The zero-order valence-electron chi connectivity index (χ0n) is 16.1. The highest BCUT2D eigenvalue weighted by molar-refractivity contribution is 5.81. The van der Waals surface area contributed by atoms with E-state index in [9.17, 15) is 0 Å². The number of hydrogen-bond donors (Lipinski definition) is 1. The van der Waals surface area contributed by atoms with Gasteiger partial charge in [0.25, 0.3) is 0 Å². The fraction of sp³-hybridized carbons (Fsp3) is 0.136. The first-order valence-electron chi connectivity index (χ1n) is 9.38. The highest BCUT2D eigenvalue weighted by atomic mass is 15.4. The van der Waals surface area contributed by atoms with E-state index in [4.69, 9.17) is 4.98 Å². The Balaban J connectivity index is 1.60. The summed E-state index contributed by atoms with van der Waals surface area (Å²) in [4.78, 5) is 4.83. The number of nitrogens with zero attached hydrogens (tertiary/aromatic N) is 6. The number of fused-ring (bicyclic) bond motifs is 3. The van der Waals surface area contributed by atoms with Crippen molar-refractivity contribution in [1.29, 1.82) is 0 Å². The van der Waals surface area contributed by atoms with Crippen LogP contribution in [0.5, 0.6) is 0 Å². The van der Waals surface area contributed by atoms with E-state index in [0.717, 1.165) is 28.0 Å². The molecule has 1 aliphatic rings. The Labute approximate surface area is 167 Å². The van der Waals surface area contributed by atoms with Gasteiger partial charge in [-0.2, -0.15) is 15.3 Å². The molecule has 0 unspecified atom stereocenters. The van der Waals surface area contributed by atoms with Crippen LogP contribution in [-0.2, 0) is 5.54 Å². The highest BCUT2D eigenvalue weighted by Crippen LogP contribution is 2.45. The molecule has 142 valence electrons. The third-order valence-corrected chi connectivity index (χ3v) is 4.85. The second kappa shape index (κ2) is 6.63. The number of aromatic nitrogens is 3. The molecule has 7 nitrogen and oxygen atoms in total. The van der Waals surface area contributed by atoms with Gasteiger partial charge in [-0.05, 0) is 19.4 Å². The maximum Gasteiger partial charge on any atom is 0.195 e. The van der Waals surface area contributed by atoms with Gasteiger partial charge in [0, 0.05) is 5.56 Å². The summed E-state index contributed by atoms with van der Waals surface area (Å²) in [6.45, 7) is 4.05. The maximum atomic E-state index is 4.83. The lowest BCUT2D eigenvalue weighted by Gasteiger charge is -2.15. The molecule has 0 spiro atoms. The fourth-order valence-electron chi connectivity index (χ4n) is 3.41. The Bertz CT molecular complexity index is 1240. The molecule has 29 heavy (non-hydrogen) atoms. The summed E-state index contributed by atoms with van der Waals surface area (Å²) in [6.07, 6.45) is 3.67. The topological polar surface area (TPSA) is 79.3 Å². The number of azo groups is 1. The van der Waals surface area contributed by atoms with Gasteiger partial charge in [0.1, 0.15) is 11.2 Å². The average Bonchev–Trinajstić information content (AvgIpc) is 3.30. The normalized spacial score (nSPS) is 14.6. The summed E-state index contributed by atoms with van der Waals surface area (Å²) in [7, 11) is 0. The molecule has 5 rings (SSSR count). The van der Waals surface area contributed by atoms with E-state index in [1.54, 1.807) is 10.7 Å². The molecule has 7 heteroatoms. The lowest BCUT2D eigenvalue weighted by Crippen LogP contribution is -2.13. The van der Waals surface area contributed by atoms with E-state index in [0.29, 0.717) is 11.5 Å². The molecule has 0 amide bonds. The third-order valence-electron chi connectivity index (χ3n) is 4.85. The Morgan fingerprint density at radius 3 is 2.48 bits per heavy atom. The number of imidazole rings is 1. The van der Waals surface area contributed by atoms with Gasteiger partial charge in [0.05, 0.1) is 23.7 Å². The minimum atomic E-state index is -0.488. The van der Waals surface area contributed by atoms with Gasteiger partial charge in [0.15, 0.2) is 11.5 Å². The predicted octanol–water partition coefficient (Wildman–Crippen LogP) is 5.17. The van der Waals surface area contributed by atoms with Gasteiger partial charge in [0.2, 0.25) is 0 Å². The van der Waals surface area contributed by atoms with Gasteiger partial charge in [-0.3, -0.25) is 5.43 Å². The van der Waals surface area contributed by atoms with Crippen LogP contribution in [0.3, 0.4) is 0 Å². The minimum Gasteiger partial charge on any atom is -0.258 e. The lowest BCUT2D eigenvalue weighted by molar-refractivity contribution is 0.556. The third kappa shape index (κ3) is 3.06. The Morgan fingerprint density at radius 2 is 1.72 bits per heavy atom. The first-order valence-corrected chi connectivity index (χ1v) is 9.38. The van der Waals surface area contributed by atoms with Crippen LogP contribution in [0.1, 0.15) is 25.0 Å². The van der Waals surface area contributed by atoms with E-state index < -0.39 is 5.54 Å². The van der Waals surface area contributed by atoms with E-state index in [2.05, 4.69) is 25.9 Å². The van der Waals surface area contributed by atoms with E-state index in [1.165, 1.54) is 0 Å². The van der Waals surface area contributed by atoms with Gasteiger partial charge < -0.3 is 0 Å². The second-order valence-electron chi connectivity index (χ2n) is 7.37. The van der Waals surface area contributed by atoms with Crippen molar-refractivity contribution in [2.24, 2.45) is 15.3 Å². The number of benzene rings is 2. The van der Waals surface area contributed by atoms with Crippen molar-refractivity contribution < 1.29 is 0 Å². The zero-order valence-corrected chi connectivity index (χ0v) is 16.1. The summed E-state index contributed by atoms with van der Waals surface area (Å²) in [5.41, 5.74) is 7.80. The molecule has 4 aromatic rings. The SMILES string of the molecule is CC1(C)N=Nc2c(N/N=C/c3ccccc3)nn3cc(-c4ccccc4)nc3c21. The molecule has 1 N–H and O–H groups in total. The zero-order chi connectivity index (χ0) is 19.8. The molecular formula is C22H19N7. The van der Waals surface area contributed by atoms with Crippen molar-refractivity contribution in [3.63, 3.8) is 0 Å². The molecule has 3 heterocycles. The number of hydrazone groups is 1. The molecule has 0 saturated carbocycles. The highest BCUT2D eigenvalue weighted by Gasteiger charge is 2.35. The van der Waals surface area contributed by atoms with Crippen molar-refractivity contribution in [1.82, 2.24) is 14.6 Å². The van der Waals surface area contributed by atoms with Crippen molar-refractivity contribution in [3.8, 4) is 11.3 Å². The number of nitrogens with one attached hydrogen (secondary N) is 1. The Morgan fingerprint density at radius 1 is 1.00 bits per heavy atom. The average molecular weight is 381 g/mol. The molecule has 1 aliphatic heterocycles. The second-order valence-corrected chi connectivity index (χ2v) is 7.37. The number of anilines is 1. The van der Waals surface area contributed by atoms with Crippen LogP contribution in [0.15, 0.2) is 82.2 Å². The van der Waals surface area contributed by atoms with Gasteiger partial charge in [-0.25, -0.2) is 9.50 Å². The van der Waals surface area contributed by atoms with Crippen LogP contribution in [0, 0.1) is 0 Å². The van der Waals surface area contributed by atoms with E-state index in [1.807, 2.05) is 80.7 Å². The predicted molar refractivity (Wildman–Crippen MR) is 114 cm³/mol. The summed E-state index contributed by atoms with van der Waals surface area (Å²) in [5, 5.41) is 17.8. The fourth-order valence-corrected chi connectivity index (χ4v) is 3.41. The van der Waals surface area contributed by atoms with Crippen molar-refractivity contribution >= 4 is 23.4 Å². The molecule has 0 fully saturated rings. The van der Waals surface area contributed by atoms with Gasteiger partial charge in [-0.1, -0.05) is 60.7 Å². The van der Waals surface area contributed by atoms with Crippen molar-refractivity contribution in [2.45, 2.75) is 19.4 Å². The standard InChI is InChI=1S/C22H19N7/c1-22(2)18-19(25-28-22)20(26-23-13-15-9-5-3-6-10-15)27-29-14-17(24-21(18)29)16-11-7-4-8-12-16/h3-14H,1-2H3,(H,26,27)/b23-13+. The molecule has 0 bridgehead atoms. The Kier molecular flexibility index (Phi) is 3.94. The van der Waals surface area contributed by atoms with Crippen LogP contribution >= 0.6 is 0 Å². The Hall–Kier alpha value is -3.87. The summed E-state index contributed by atoms with van der Waals surface area (Å²) in [5.74, 6) is 0.547. The smallest absolute Gasteiger partial charge is 0.195 e. The van der Waals surface area contributed by atoms with Crippen LogP contribution in [0.25, 0.3) is 16.9 Å². The van der Waals surface area contributed by atoms with Crippen LogP contribution in [0.2, 0.25) is 0 Å². The minimum absolute atomic E-state index is 0.488. The molecule has 2 aromatic heterocycles. The van der Waals surface area contributed by atoms with E-state index >= 15 is 0 Å². The largest absolute Gasteiger partial charge is 0.258 e. The summed E-state index contributed by atoms with van der Waals surface area (Å²) in [6, 6.07) is 19.9. The lowest BCUT2D eigenvalue weighted by atomic mass is 9.96. The van der Waals surface area contributed by atoms with E-state index in [-0.39, 0.29) is 0 Å². The quantitative estimate of drug-likeness (QED) is 0.391. The number of rotatable bonds is 4. The summed E-state index contributed by atoms with van der Waals surface area (Å²) < 4.78 is 1.78. The van der Waals surface area contributed by atoms with Crippen LogP contribution < -0.4 is 5.43 Å². The summed E-state index contributed by atoms with van der Waals surface area (Å²) >= 11 is 0. The molecular weight excluding hydrogens is 362 g/mol. The van der Waals surface area contributed by atoms with Crippen LogP contribution in [-0.4, -0.2) is 20.8 Å². The molecule has 0 aliphatic carbocycles. The molecule has 0 radical (unpaired) electrons. The molecule has 2 aromatic carbocycles. The molecule has 0 saturated heterocycles. The first-order chi connectivity index (χ1) is 14.1. The number of hydrogen-bond acceptors (Lipinski definition) is 6. The van der Waals surface area contributed by atoms with Gasteiger partial charge >= 0.3 is 0 Å². The maximum absolute atomic E-state index is 4.83. The van der Waals surface area contributed by atoms with Crippen molar-refractivity contribution in [2.75, 3.05) is 5.43 Å². The monoisotopic (exact) mass is 381 g/mol. The molecule has 0 atom stereocenters. The van der Waals surface area contributed by atoms with Crippen molar-refractivity contribution in [3.05, 3.63) is 78.0 Å². The van der Waals surface area contributed by atoms with Gasteiger partial charge in [-0.15, -0.1) is 5.10 Å². The first kappa shape index (κ1) is 17.2.